The minimum absolute atomic E-state index is 0.0411. The third-order valence-electron chi connectivity index (χ3n) is 4.42. The van der Waals surface area contributed by atoms with Gasteiger partial charge in [0.25, 0.3) is 0 Å². The van der Waals surface area contributed by atoms with E-state index in [0.29, 0.717) is 24.1 Å². The highest BCUT2D eigenvalue weighted by atomic mass is 32.2. The molecule has 0 saturated carbocycles. The SMILES string of the molecule is O=C1CCc2cc(OS(=O)(=O)c3ccccc3-c3ccccc3)ccc2N1. The molecule has 4 rings (SSSR count). The molecule has 0 fully saturated rings. The number of carbonyl (C=O) groups is 1. The van der Waals surface area contributed by atoms with Crippen LogP contribution in [0.5, 0.6) is 5.75 Å². The molecule has 6 heteroatoms. The van der Waals surface area contributed by atoms with Crippen LogP contribution >= 0.6 is 0 Å². The van der Waals surface area contributed by atoms with Crippen molar-refractivity contribution in [1.29, 1.82) is 0 Å². The molecule has 0 aromatic heterocycles. The van der Waals surface area contributed by atoms with Crippen LogP contribution in [0.15, 0.2) is 77.7 Å². The van der Waals surface area contributed by atoms with Crippen molar-refractivity contribution in [3.8, 4) is 16.9 Å². The van der Waals surface area contributed by atoms with Gasteiger partial charge < -0.3 is 9.50 Å². The van der Waals surface area contributed by atoms with Crippen molar-refractivity contribution in [1.82, 2.24) is 0 Å². The Bertz CT molecular complexity index is 1110. The highest BCUT2D eigenvalue weighted by molar-refractivity contribution is 7.87. The van der Waals surface area contributed by atoms with Crippen LogP contribution in [-0.4, -0.2) is 14.3 Å². The third kappa shape index (κ3) is 3.57. The van der Waals surface area contributed by atoms with E-state index in [0.717, 1.165) is 11.1 Å². The van der Waals surface area contributed by atoms with Gasteiger partial charge in [-0.05, 0) is 41.8 Å². The van der Waals surface area contributed by atoms with Gasteiger partial charge in [-0.1, -0.05) is 48.5 Å². The summed E-state index contributed by atoms with van der Waals surface area (Å²) in [5.41, 5.74) is 2.94. The molecule has 0 radical (unpaired) electrons. The molecule has 3 aromatic carbocycles. The minimum atomic E-state index is -4.02. The zero-order chi connectivity index (χ0) is 18.9. The molecule has 0 saturated heterocycles. The summed E-state index contributed by atoms with van der Waals surface area (Å²) in [5, 5.41) is 2.77. The number of benzene rings is 3. The van der Waals surface area contributed by atoms with Crippen LogP contribution in [0, 0.1) is 0 Å². The lowest BCUT2D eigenvalue weighted by Crippen LogP contribution is -2.19. The fourth-order valence-corrected chi connectivity index (χ4v) is 4.27. The first-order chi connectivity index (χ1) is 13.0. The Labute approximate surface area is 157 Å². The molecule has 136 valence electrons. The van der Waals surface area contributed by atoms with Crippen molar-refractivity contribution in [2.75, 3.05) is 5.32 Å². The molecule has 5 nitrogen and oxygen atoms in total. The van der Waals surface area contributed by atoms with Gasteiger partial charge in [0.2, 0.25) is 5.91 Å². The van der Waals surface area contributed by atoms with Gasteiger partial charge in [-0.15, -0.1) is 0 Å². The molecule has 0 spiro atoms. The molecule has 1 heterocycles. The molecule has 1 amide bonds. The van der Waals surface area contributed by atoms with Crippen molar-refractivity contribution >= 4 is 21.7 Å². The standard InChI is InChI=1S/C21H17NO4S/c23-21-13-10-16-14-17(11-12-19(16)22-21)26-27(24,25)20-9-5-4-8-18(20)15-6-2-1-3-7-15/h1-9,11-12,14H,10,13H2,(H,22,23). The molecule has 1 aliphatic heterocycles. The van der Waals surface area contributed by atoms with E-state index >= 15 is 0 Å². The highest BCUT2D eigenvalue weighted by Crippen LogP contribution is 2.31. The van der Waals surface area contributed by atoms with Gasteiger partial charge in [-0.2, -0.15) is 8.42 Å². The number of rotatable bonds is 4. The van der Waals surface area contributed by atoms with E-state index in [-0.39, 0.29) is 16.6 Å². The average Bonchev–Trinajstić information content (AvgIpc) is 2.68. The molecule has 0 atom stereocenters. The highest BCUT2D eigenvalue weighted by Gasteiger charge is 2.22. The van der Waals surface area contributed by atoms with Crippen LogP contribution in [0.2, 0.25) is 0 Å². The molecular formula is C21H17NO4S. The average molecular weight is 379 g/mol. The predicted octanol–water partition coefficient (Wildman–Crippen LogP) is 4.01. The van der Waals surface area contributed by atoms with Gasteiger partial charge in [-0.3, -0.25) is 4.79 Å². The molecule has 0 bridgehead atoms. The normalized spacial score (nSPS) is 13.6. The molecule has 27 heavy (non-hydrogen) atoms. The van der Waals surface area contributed by atoms with E-state index in [1.807, 2.05) is 30.3 Å². The van der Waals surface area contributed by atoms with Crippen LogP contribution < -0.4 is 9.50 Å². The van der Waals surface area contributed by atoms with Crippen molar-refractivity contribution in [3.05, 3.63) is 78.4 Å². The van der Waals surface area contributed by atoms with Gasteiger partial charge in [0.1, 0.15) is 10.6 Å². The van der Waals surface area contributed by atoms with Crippen LogP contribution in [0.1, 0.15) is 12.0 Å². The summed E-state index contributed by atoms with van der Waals surface area (Å²) >= 11 is 0. The van der Waals surface area contributed by atoms with Crippen molar-refractivity contribution in [3.63, 3.8) is 0 Å². The zero-order valence-corrected chi connectivity index (χ0v) is 15.2. The summed E-state index contributed by atoms with van der Waals surface area (Å²) in [7, 11) is -4.02. The van der Waals surface area contributed by atoms with Gasteiger partial charge in [-0.25, -0.2) is 0 Å². The van der Waals surface area contributed by atoms with E-state index in [1.165, 1.54) is 6.07 Å². The number of carbonyl (C=O) groups excluding carboxylic acids is 1. The summed E-state index contributed by atoms with van der Waals surface area (Å²) in [4.78, 5) is 11.6. The molecule has 0 unspecified atom stereocenters. The summed E-state index contributed by atoms with van der Waals surface area (Å²) in [6.45, 7) is 0. The Morgan fingerprint density at radius 2 is 1.59 bits per heavy atom. The lowest BCUT2D eigenvalue weighted by atomic mass is 10.0. The van der Waals surface area contributed by atoms with E-state index in [1.54, 1.807) is 36.4 Å². The van der Waals surface area contributed by atoms with E-state index < -0.39 is 10.1 Å². The topological polar surface area (TPSA) is 72.5 Å². The Morgan fingerprint density at radius 1 is 0.852 bits per heavy atom. The van der Waals surface area contributed by atoms with Crippen molar-refractivity contribution in [2.24, 2.45) is 0 Å². The summed E-state index contributed by atoms with van der Waals surface area (Å²) < 4.78 is 31.3. The predicted molar refractivity (Wildman–Crippen MR) is 103 cm³/mol. The van der Waals surface area contributed by atoms with E-state index in [9.17, 15) is 13.2 Å². The maximum absolute atomic E-state index is 12.9. The second kappa shape index (κ2) is 6.89. The summed E-state index contributed by atoms with van der Waals surface area (Å²) in [6, 6.07) is 21.0. The Balaban J connectivity index is 1.69. The first-order valence-electron chi connectivity index (χ1n) is 8.55. The Hall–Kier alpha value is -3.12. The first-order valence-corrected chi connectivity index (χ1v) is 9.95. The van der Waals surface area contributed by atoms with Crippen LogP contribution in [0.3, 0.4) is 0 Å². The number of amides is 1. The number of nitrogens with one attached hydrogen (secondary N) is 1. The molecule has 3 aromatic rings. The lowest BCUT2D eigenvalue weighted by molar-refractivity contribution is -0.116. The van der Waals surface area contributed by atoms with Crippen LogP contribution in [0.25, 0.3) is 11.1 Å². The van der Waals surface area contributed by atoms with E-state index in [4.69, 9.17) is 4.18 Å². The Kier molecular flexibility index (Phi) is 4.41. The van der Waals surface area contributed by atoms with Crippen LogP contribution in [-0.2, 0) is 21.3 Å². The zero-order valence-electron chi connectivity index (χ0n) is 14.4. The fraction of sp³-hybridized carbons (Fsp3) is 0.0952. The molecule has 0 aliphatic carbocycles. The lowest BCUT2D eigenvalue weighted by Gasteiger charge is -2.18. The van der Waals surface area contributed by atoms with Crippen molar-refractivity contribution in [2.45, 2.75) is 17.7 Å². The molecule has 1 N–H and O–H groups in total. The van der Waals surface area contributed by atoms with Gasteiger partial charge >= 0.3 is 10.1 Å². The molecule has 1 aliphatic rings. The largest absolute Gasteiger partial charge is 0.379 e. The molecular weight excluding hydrogens is 362 g/mol. The fourth-order valence-electron chi connectivity index (χ4n) is 3.12. The maximum atomic E-state index is 12.9. The second-order valence-electron chi connectivity index (χ2n) is 6.27. The van der Waals surface area contributed by atoms with Gasteiger partial charge in [0.05, 0.1) is 0 Å². The quantitative estimate of drug-likeness (QED) is 0.696. The van der Waals surface area contributed by atoms with Crippen LogP contribution in [0.4, 0.5) is 5.69 Å². The number of hydrogen-bond donors (Lipinski definition) is 1. The first kappa shape index (κ1) is 17.3. The Morgan fingerprint density at radius 3 is 2.41 bits per heavy atom. The minimum Gasteiger partial charge on any atom is -0.379 e. The van der Waals surface area contributed by atoms with Gasteiger partial charge in [0, 0.05) is 17.7 Å². The summed E-state index contributed by atoms with van der Waals surface area (Å²) in [6.07, 6.45) is 0.930. The summed E-state index contributed by atoms with van der Waals surface area (Å²) in [5.74, 6) is 0.188. The van der Waals surface area contributed by atoms with E-state index in [2.05, 4.69) is 5.32 Å². The number of fused-ring (bicyclic) bond motifs is 1. The maximum Gasteiger partial charge on any atom is 0.339 e. The number of hydrogen-bond acceptors (Lipinski definition) is 4. The smallest absolute Gasteiger partial charge is 0.339 e. The third-order valence-corrected chi connectivity index (χ3v) is 5.73. The van der Waals surface area contributed by atoms with Gasteiger partial charge in [0.15, 0.2) is 0 Å². The number of aryl methyl sites for hydroxylation is 1. The van der Waals surface area contributed by atoms with Crippen molar-refractivity contribution < 1.29 is 17.4 Å². The number of anilines is 1. The monoisotopic (exact) mass is 379 g/mol. The second-order valence-corrected chi connectivity index (χ2v) is 7.78.